The molecule has 0 radical (unpaired) electrons. The summed E-state index contributed by atoms with van der Waals surface area (Å²) in [7, 11) is 0. The van der Waals surface area contributed by atoms with E-state index >= 15 is 0 Å². The quantitative estimate of drug-likeness (QED) is 0.647. The number of benzene rings is 1. The summed E-state index contributed by atoms with van der Waals surface area (Å²) in [4.78, 5) is 41.6. The van der Waals surface area contributed by atoms with Gasteiger partial charge >= 0.3 is 6.03 Å². The molecule has 0 unspecified atom stereocenters. The molecule has 2 aliphatic carbocycles. The maximum absolute atomic E-state index is 13.2. The van der Waals surface area contributed by atoms with E-state index in [0.29, 0.717) is 35.6 Å². The molecule has 4 amide bonds. The molecular weight excluding hydrogens is 446 g/mol. The Bertz CT molecular complexity index is 1070. The molecule has 1 aromatic heterocycles. The summed E-state index contributed by atoms with van der Waals surface area (Å²) in [5, 5.41) is 11.6. The van der Waals surface area contributed by atoms with Crippen molar-refractivity contribution in [2.75, 3.05) is 6.54 Å². The van der Waals surface area contributed by atoms with Gasteiger partial charge in [-0.2, -0.15) is 0 Å². The molecule has 33 heavy (non-hydrogen) atoms. The zero-order chi connectivity index (χ0) is 23.2. The number of nitrogens with one attached hydrogen (secondary N) is 1. The Hall–Kier alpha value is -2.94. The molecule has 10 heteroatoms. The molecular formula is C23H26ClN5O4. The number of aromatic nitrogens is 2. The lowest BCUT2D eigenvalue weighted by atomic mass is 9.77. The van der Waals surface area contributed by atoms with E-state index in [9.17, 15) is 14.4 Å². The summed E-state index contributed by atoms with van der Waals surface area (Å²) in [5.74, 6) is 0.593. The van der Waals surface area contributed by atoms with Crippen molar-refractivity contribution in [3.8, 4) is 11.5 Å². The topological polar surface area (TPSA) is 109 Å². The van der Waals surface area contributed by atoms with Gasteiger partial charge in [0, 0.05) is 16.6 Å². The lowest BCUT2D eigenvalue weighted by Gasteiger charge is -2.33. The fourth-order valence-electron chi connectivity index (χ4n) is 4.62. The minimum Gasteiger partial charge on any atom is -0.419 e. The third-order valence-corrected chi connectivity index (χ3v) is 7.09. The van der Waals surface area contributed by atoms with Crippen LogP contribution in [-0.4, -0.2) is 56.0 Å². The monoisotopic (exact) mass is 471 g/mol. The molecule has 2 saturated carbocycles. The SMILES string of the molecule is CC1CCC2(CC1)NC(=O)N(CC(=O)N(Cc1nnc(-c3ccc(Cl)cc3)o1)C1CC1)C2=O. The Kier molecular flexibility index (Phi) is 5.60. The average Bonchev–Trinajstić information content (AvgIpc) is 3.49. The van der Waals surface area contributed by atoms with Gasteiger partial charge in [-0.15, -0.1) is 10.2 Å². The lowest BCUT2D eigenvalue weighted by Crippen LogP contribution is -2.50. The van der Waals surface area contributed by atoms with Gasteiger partial charge in [-0.25, -0.2) is 4.79 Å². The number of imide groups is 1. The van der Waals surface area contributed by atoms with Gasteiger partial charge in [-0.05, 0) is 68.7 Å². The highest BCUT2D eigenvalue weighted by atomic mass is 35.5. The number of amides is 4. The fraction of sp³-hybridized carbons (Fsp3) is 0.522. The summed E-state index contributed by atoms with van der Waals surface area (Å²) in [6, 6.07) is 6.60. The molecule has 3 aliphatic rings. The molecule has 1 saturated heterocycles. The molecule has 9 nitrogen and oxygen atoms in total. The zero-order valence-corrected chi connectivity index (χ0v) is 19.2. The smallest absolute Gasteiger partial charge is 0.325 e. The van der Waals surface area contributed by atoms with Crippen LogP contribution < -0.4 is 5.32 Å². The van der Waals surface area contributed by atoms with Crippen LogP contribution in [0.15, 0.2) is 28.7 Å². The van der Waals surface area contributed by atoms with E-state index in [1.54, 1.807) is 29.2 Å². The van der Waals surface area contributed by atoms with Gasteiger partial charge in [0.05, 0.1) is 6.54 Å². The van der Waals surface area contributed by atoms with Crippen LogP contribution in [0.5, 0.6) is 0 Å². The second-order valence-electron chi connectivity index (χ2n) is 9.35. The Labute approximate surface area is 196 Å². The normalized spacial score (nSPS) is 24.9. The van der Waals surface area contributed by atoms with Gasteiger partial charge < -0.3 is 14.6 Å². The van der Waals surface area contributed by atoms with E-state index in [-0.39, 0.29) is 30.9 Å². The Morgan fingerprint density at radius 3 is 2.55 bits per heavy atom. The number of urea groups is 1. The van der Waals surface area contributed by atoms with Crippen LogP contribution in [0.25, 0.3) is 11.5 Å². The molecule has 2 heterocycles. The van der Waals surface area contributed by atoms with Gasteiger partial charge in [0.15, 0.2) is 0 Å². The second-order valence-corrected chi connectivity index (χ2v) is 9.78. The maximum Gasteiger partial charge on any atom is 0.325 e. The summed E-state index contributed by atoms with van der Waals surface area (Å²) in [6.45, 7) is 2.01. The van der Waals surface area contributed by atoms with Crippen LogP contribution in [0.4, 0.5) is 4.79 Å². The maximum atomic E-state index is 13.2. The first-order chi connectivity index (χ1) is 15.8. The molecule has 1 aliphatic heterocycles. The van der Waals surface area contributed by atoms with Gasteiger partial charge in [0.25, 0.3) is 5.91 Å². The second kappa shape index (κ2) is 8.44. The minimum atomic E-state index is -0.853. The number of rotatable bonds is 6. The van der Waals surface area contributed by atoms with Crippen LogP contribution >= 0.6 is 11.6 Å². The van der Waals surface area contributed by atoms with E-state index in [1.165, 1.54) is 0 Å². The van der Waals surface area contributed by atoms with Gasteiger partial charge in [0.1, 0.15) is 12.1 Å². The van der Waals surface area contributed by atoms with Crippen molar-refractivity contribution >= 4 is 29.4 Å². The summed E-state index contributed by atoms with van der Waals surface area (Å²) in [5.41, 5.74) is -0.122. The molecule has 1 spiro atoms. The van der Waals surface area contributed by atoms with Crippen LogP contribution in [0, 0.1) is 5.92 Å². The van der Waals surface area contributed by atoms with Crippen LogP contribution in [0.3, 0.4) is 0 Å². The van der Waals surface area contributed by atoms with Crippen LogP contribution in [0.1, 0.15) is 51.3 Å². The van der Waals surface area contributed by atoms with Crippen LogP contribution in [-0.2, 0) is 16.1 Å². The molecule has 5 rings (SSSR count). The largest absolute Gasteiger partial charge is 0.419 e. The van der Waals surface area contributed by atoms with E-state index in [1.807, 2.05) is 0 Å². The van der Waals surface area contributed by atoms with E-state index in [4.69, 9.17) is 16.0 Å². The van der Waals surface area contributed by atoms with Gasteiger partial charge in [0.2, 0.25) is 17.7 Å². The van der Waals surface area contributed by atoms with E-state index in [0.717, 1.165) is 36.1 Å². The number of hydrogen-bond acceptors (Lipinski definition) is 6. The Morgan fingerprint density at radius 2 is 1.88 bits per heavy atom. The third-order valence-electron chi connectivity index (χ3n) is 6.84. The van der Waals surface area contributed by atoms with Crippen molar-refractivity contribution in [2.45, 2.75) is 63.6 Å². The molecule has 1 aromatic carbocycles. The van der Waals surface area contributed by atoms with Gasteiger partial charge in [-0.3, -0.25) is 14.5 Å². The predicted octanol–water partition coefficient (Wildman–Crippen LogP) is 3.38. The zero-order valence-electron chi connectivity index (χ0n) is 18.4. The number of carbonyl (C=O) groups is 3. The highest BCUT2D eigenvalue weighted by molar-refractivity contribution is 6.30. The highest BCUT2D eigenvalue weighted by Gasteiger charge is 2.52. The summed E-state index contributed by atoms with van der Waals surface area (Å²) >= 11 is 5.93. The summed E-state index contributed by atoms with van der Waals surface area (Å²) < 4.78 is 5.76. The molecule has 1 N–H and O–H groups in total. The molecule has 174 valence electrons. The fourth-order valence-corrected chi connectivity index (χ4v) is 4.75. The van der Waals surface area contributed by atoms with Crippen molar-refractivity contribution in [2.24, 2.45) is 5.92 Å². The molecule has 2 aromatic rings. The lowest BCUT2D eigenvalue weighted by molar-refractivity contribution is -0.140. The molecule has 0 atom stereocenters. The first-order valence-electron chi connectivity index (χ1n) is 11.4. The number of hydrogen-bond donors (Lipinski definition) is 1. The van der Waals surface area contributed by atoms with Crippen molar-refractivity contribution < 1.29 is 18.8 Å². The van der Waals surface area contributed by atoms with Gasteiger partial charge in [-0.1, -0.05) is 18.5 Å². The number of carbonyl (C=O) groups excluding carboxylic acids is 3. The van der Waals surface area contributed by atoms with Crippen molar-refractivity contribution in [1.82, 2.24) is 25.3 Å². The third kappa shape index (κ3) is 4.34. The first kappa shape index (κ1) is 21.9. The predicted molar refractivity (Wildman–Crippen MR) is 119 cm³/mol. The standard InChI is InChI=1S/C23H26ClN5O4/c1-14-8-10-23(11-9-14)21(31)29(22(32)25-23)13-19(30)28(17-6-7-17)12-18-26-27-20(33-18)15-2-4-16(24)5-3-15/h2-5,14,17H,6-13H2,1H3,(H,25,32). The van der Waals surface area contributed by atoms with E-state index in [2.05, 4.69) is 22.4 Å². The van der Waals surface area contributed by atoms with E-state index < -0.39 is 11.6 Å². The summed E-state index contributed by atoms with van der Waals surface area (Å²) in [6.07, 6.45) is 4.73. The van der Waals surface area contributed by atoms with Crippen LogP contribution in [0.2, 0.25) is 5.02 Å². The minimum absolute atomic E-state index is 0.0497. The number of nitrogens with zero attached hydrogens (tertiary/aromatic N) is 4. The number of halogens is 1. The average molecular weight is 472 g/mol. The Morgan fingerprint density at radius 1 is 1.18 bits per heavy atom. The molecule has 0 bridgehead atoms. The van der Waals surface area contributed by atoms with Crippen molar-refractivity contribution in [3.63, 3.8) is 0 Å². The molecule has 3 fully saturated rings. The first-order valence-corrected chi connectivity index (χ1v) is 11.7. The van der Waals surface area contributed by atoms with Crippen molar-refractivity contribution in [3.05, 3.63) is 35.2 Å². The highest BCUT2D eigenvalue weighted by Crippen LogP contribution is 2.36. The van der Waals surface area contributed by atoms with Crippen molar-refractivity contribution in [1.29, 1.82) is 0 Å². The Balaban J connectivity index is 1.27.